The standard InChI is InChI=1S/C19H27N3O/c23-19(20-11-6-14-22-12-4-1-5-13-22)10-9-16-15-21-18-8-3-2-7-17(16)18/h2-3,7-8,15,21H,1,4-6,9-14H2,(H,20,23). The quantitative estimate of drug-likeness (QED) is 0.772. The second-order valence-corrected chi connectivity index (χ2v) is 6.47. The number of amides is 1. The smallest absolute Gasteiger partial charge is 0.220 e. The number of carbonyl (C=O) groups is 1. The Labute approximate surface area is 138 Å². The van der Waals surface area contributed by atoms with E-state index < -0.39 is 0 Å². The lowest BCUT2D eigenvalue weighted by Crippen LogP contribution is -2.33. The van der Waals surface area contributed by atoms with Crippen LogP contribution in [-0.4, -0.2) is 42.0 Å². The average molecular weight is 313 g/mol. The summed E-state index contributed by atoms with van der Waals surface area (Å²) >= 11 is 0. The number of aryl methyl sites for hydroxylation is 1. The molecule has 1 aromatic carbocycles. The number of nitrogens with one attached hydrogen (secondary N) is 2. The minimum atomic E-state index is 0.161. The fourth-order valence-corrected chi connectivity index (χ4v) is 3.39. The number of likely N-dealkylation sites (tertiary alicyclic amines) is 1. The normalized spacial score (nSPS) is 15.8. The maximum atomic E-state index is 12.0. The lowest BCUT2D eigenvalue weighted by molar-refractivity contribution is -0.121. The fraction of sp³-hybridized carbons (Fsp3) is 0.526. The van der Waals surface area contributed by atoms with Crippen molar-refractivity contribution in [2.24, 2.45) is 0 Å². The molecule has 0 spiro atoms. The summed E-state index contributed by atoms with van der Waals surface area (Å²) in [6.45, 7) is 4.37. The van der Waals surface area contributed by atoms with Crippen LogP contribution in [-0.2, 0) is 11.2 Å². The van der Waals surface area contributed by atoms with Crippen molar-refractivity contribution in [2.75, 3.05) is 26.2 Å². The first-order valence-electron chi connectivity index (χ1n) is 8.87. The van der Waals surface area contributed by atoms with Crippen molar-refractivity contribution in [1.29, 1.82) is 0 Å². The predicted octanol–water partition coefficient (Wildman–Crippen LogP) is 3.09. The Morgan fingerprint density at radius 1 is 1.17 bits per heavy atom. The van der Waals surface area contributed by atoms with Crippen molar-refractivity contribution in [1.82, 2.24) is 15.2 Å². The van der Waals surface area contributed by atoms with E-state index in [0.717, 1.165) is 31.4 Å². The van der Waals surface area contributed by atoms with Gasteiger partial charge in [0.05, 0.1) is 0 Å². The third-order valence-corrected chi connectivity index (χ3v) is 4.72. The minimum absolute atomic E-state index is 0.161. The third kappa shape index (κ3) is 4.58. The molecule has 23 heavy (non-hydrogen) atoms. The number of hydrogen-bond donors (Lipinski definition) is 2. The highest BCUT2D eigenvalue weighted by atomic mass is 16.1. The van der Waals surface area contributed by atoms with E-state index >= 15 is 0 Å². The van der Waals surface area contributed by atoms with Crippen LogP contribution in [0.25, 0.3) is 10.9 Å². The molecular formula is C19H27N3O. The van der Waals surface area contributed by atoms with Crippen LogP contribution in [0.2, 0.25) is 0 Å². The molecule has 2 heterocycles. The van der Waals surface area contributed by atoms with Gasteiger partial charge in [-0.2, -0.15) is 0 Å². The Kier molecular flexibility index (Phi) is 5.70. The van der Waals surface area contributed by atoms with Gasteiger partial charge in [0.25, 0.3) is 0 Å². The summed E-state index contributed by atoms with van der Waals surface area (Å²) in [6, 6.07) is 8.25. The van der Waals surface area contributed by atoms with Crippen molar-refractivity contribution in [3.05, 3.63) is 36.0 Å². The summed E-state index contributed by atoms with van der Waals surface area (Å²) in [5.41, 5.74) is 2.37. The SMILES string of the molecule is O=C(CCc1c[nH]c2ccccc12)NCCCN1CCCCC1. The molecule has 1 aliphatic heterocycles. The first-order valence-corrected chi connectivity index (χ1v) is 8.87. The van der Waals surface area contributed by atoms with Gasteiger partial charge < -0.3 is 15.2 Å². The van der Waals surface area contributed by atoms with Gasteiger partial charge in [-0.25, -0.2) is 0 Å². The second-order valence-electron chi connectivity index (χ2n) is 6.47. The Morgan fingerprint density at radius 2 is 2.00 bits per heavy atom. The number of carbonyl (C=O) groups excluding carboxylic acids is 1. The Bertz CT molecular complexity index is 628. The first kappa shape index (κ1) is 16.1. The van der Waals surface area contributed by atoms with E-state index in [-0.39, 0.29) is 5.91 Å². The summed E-state index contributed by atoms with van der Waals surface area (Å²) in [5, 5.41) is 4.28. The van der Waals surface area contributed by atoms with Gasteiger partial charge in [-0.05, 0) is 56.9 Å². The van der Waals surface area contributed by atoms with Gasteiger partial charge >= 0.3 is 0 Å². The second kappa shape index (κ2) is 8.16. The summed E-state index contributed by atoms with van der Waals surface area (Å²) in [7, 11) is 0. The molecule has 124 valence electrons. The molecule has 3 rings (SSSR count). The molecule has 4 heteroatoms. The van der Waals surface area contributed by atoms with E-state index in [2.05, 4.69) is 27.3 Å². The molecule has 0 saturated carbocycles. The molecule has 0 aliphatic carbocycles. The summed E-state index contributed by atoms with van der Waals surface area (Å²) in [5.74, 6) is 0.161. The Hall–Kier alpha value is -1.81. The number of aromatic amines is 1. The lowest BCUT2D eigenvalue weighted by Gasteiger charge is -2.26. The number of H-pyrrole nitrogens is 1. The highest BCUT2D eigenvalue weighted by Crippen LogP contribution is 2.18. The monoisotopic (exact) mass is 313 g/mol. The predicted molar refractivity (Wildman–Crippen MR) is 94.5 cm³/mol. The number of fused-ring (bicyclic) bond motifs is 1. The zero-order valence-corrected chi connectivity index (χ0v) is 13.8. The van der Waals surface area contributed by atoms with Gasteiger partial charge in [0.2, 0.25) is 5.91 Å². The van der Waals surface area contributed by atoms with Crippen LogP contribution in [0.15, 0.2) is 30.5 Å². The zero-order chi connectivity index (χ0) is 15.9. The molecule has 0 bridgehead atoms. The summed E-state index contributed by atoms with van der Waals surface area (Å²) in [6.07, 6.45) is 8.47. The number of piperidine rings is 1. The molecular weight excluding hydrogens is 286 g/mol. The maximum Gasteiger partial charge on any atom is 0.220 e. The third-order valence-electron chi connectivity index (χ3n) is 4.72. The van der Waals surface area contributed by atoms with Gasteiger partial charge in [0, 0.05) is 30.1 Å². The summed E-state index contributed by atoms with van der Waals surface area (Å²) in [4.78, 5) is 17.8. The van der Waals surface area contributed by atoms with E-state index in [1.165, 1.54) is 43.3 Å². The van der Waals surface area contributed by atoms with Crippen molar-refractivity contribution in [3.63, 3.8) is 0 Å². The molecule has 2 N–H and O–H groups in total. The number of hydrogen-bond acceptors (Lipinski definition) is 2. The van der Waals surface area contributed by atoms with Crippen LogP contribution in [0.3, 0.4) is 0 Å². The molecule has 2 aromatic rings. The molecule has 1 aromatic heterocycles. The van der Waals surface area contributed by atoms with Crippen molar-refractivity contribution < 1.29 is 4.79 Å². The van der Waals surface area contributed by atoms with Crippen LogP contribution >= 0.6 is 0 Å². The van der Waals surface area contributed by atoms with Crippen LogP contribution in [0.1, 0.15) is 37.7 Å². The van der Waals surface area contributed by atoms with E-state index in [0.29, 0.717) is 6.42 Å². The molecule has 1 fully saturated rings. The molecule has 4 nitrogen and oxygen atoms in total. The molecule has 1 amide bonds. The number of rotatable bonds is 7. The van der Waals surface area contributed by atoms with Crippen LogP contribution < -0.4 is 5.32 Å². The number of aromatic nitrogens is 1. The zero-order valence-electron chi connectivity index (χ0n) is 13.8. The highest BCUT2D eigenvalue weighted by molar-refractivity contribution is 5.84. The van der Waals surface area contributed by atoms with Crippen LogP contribution in [0, 0.1) is 0 Å². The number of para-hydroxylation sites is 1. The van der Waals surface area contributed by atoms with E-state index in [4.69, 9.17) is 0 Å². The summed E-state index contributed by atoms with van der Waals surface area (Å²) < 4.78 is 0. The van der Waals surface area contributed by atoms with Crippen molar-refractivity contribution in [2.45, 2.75) is 38.5 Å². The van der Waals surface area contributed by atoms with Crippen molar-refractivity contribution >= 4 is 16.8 Å². The molecule has 0 atom stereocenters. The first-order chi connectivity index (χ1) is 11.3. The fourth-order valence-electron chi connectivity index (χ4n) is 3.39. The van der Waals surface area contributed by atoms with Gasteiger partial charge in [-0.1, -0.05) is 24.6 Å². The van der Waals surface area contributed by atoms with Gasteiger partial charge in [-0.3, -0.25) is 4.79 Å². The largest absolute Gasteiger partial charge is 0.361 e. The van der Waals surface area contributed by atoms with E-state index in [1.807, 2.05) is 18.3 Å². The van der Waals surface area contributed by atoms with Gasteiger partial charge in [0.1, 0.15) is 0 Å². The topological polar surface area (TPSA) is 48.1 Å². The Morgan fingerprint density at radius 3 is 2.87 bits per heavy atom. The molecule has 0 radical (unpaired) electrons. The number of benzene rings is 1. The van der Waals surface area contributed by atoms with E-state index in [1.54, 1.807) is 0 Å². The highest BCUT2D eigenvalue weighted by Gasteiger charge is 2.10. The van der Waals surface area contributed by atoms with Crippen LogP contribution in [0.5, 0.6) is 0 Å². The lowest BCUT2D eigenvalue weighted by atomic mass is 10.1. The van der Waals surface area contributed by atoms with Gasteiger partial charge in [-0.15, -0.1) is 0 Å². The average Bonchev–Trinajstić information content (AvgIpc) is 3.01. The molecule has 1 saturated heterocycles. The van der Waals surface area contributed by atoms with Crippen LogP contribution in [0.4, 0.5) is 0 Å². The Balaban J connectivity index is 1.35. The van der Waals surface area contributed by atoms with Gasteiger partial charge in [0.15, 0.2) is 0 Å². The number of nitrogens with zero attached hydrogens (tertiary/aromatic N) is 1. The molecule has 1 aliphatic rings. The van der Waals surface area contributed by atoms with Crippen molar-refractivity contribution in [3.8, 4) is 0 Å². The minimum Gasteiger partial charge on any atom is -0.361 e. The maximum absolute atomic E-state index is 12.0. The molecule has 0 unspecified atom stereocenters. The van der Waals surface area contributed by atoms with E-state index in [9.17, 15) is 4.79 Å².